The van der Waals surface area contributed by atoms with Crippen LogP contribution >= 0.6 is 11.6 Å². The average Bonchev–Trinajstić information content (AvgIpc) is 2.80. The van der Waals surface area contributed by atoms with Gasteiger partial charge in [-0.2, -0.15) is 13.2 Å². The number of carbonyl (C=O) groups excluding carboxylic acids is 1. The van der Waals surface area contributed by atoms with Crippen molar-refractivity contribution in [3.05, 3.63) is 80.4 Å². The van der Waals surface area contributed by atoms with Gasteiger partial charge in [0.15, 0.2) is 0 Å². The van der Waals surface area contributed by atoms with Gasteiger partial charge < -0.3 is 15.0 Å². The second-order valence-electron chi connectivity index (χ2n) is 8.56. The van der Waals surface area contributed by atoms with E-state index < -0.39 is 41.5 Å². The molecule has 4 rings (SSSR count). The first-order valence-electron chi connectivity index (χ1n) is 10.9. The Balaban J connectivity index is 1.97. The normalized spacial score (nSPS) is 15.8. The molecule has 14 heteroatoms. The van der Waals surface area contributed by atoms with E-state index in [9.17, 15) is 35.9 Å². The molecule has 0 spiro atoms. The minimum Gasteiger partial charge on any atom is -0.406 e. The Morgan fingerprint density at radius 1 is 1.03 bits per heavy atom. The van der Waals surface area contributed by atoms with Crippen LogP contribution in [0.4, 0.5) is 37.8 Å². The number of carbonyl (C=O) groups is 1. The van der Waals surface area contributed by atoms with Crippen molar-refractivity contribution >= 4 is 29.0 Å². The van der Waals surface area contributed by atoms with E-state index in [-0.39, 0.29) is 34.2 Å². The van der Waals surface area contributed by atoms with Crippen molar-refractivity contribution in [3.63, 3.8) is 0 Å². The quantitative estimate of drug-likeness (QED) is 0.319. The van der Waals surface area contributed by atoms with Crippen LogP contribution in [0.5, 0.6) is 5.75 Å². The maximum absolute atomic E-state index is 13.4. The summed E-state index contributed by atoms with van der Waals surface area (Å²) >= 11 is 5.98. The SMILES string of the molecule is Cc1cc(OC(F)(F)F)ccc1N1c2ncc(C(F)(F)F)cc2C(=O)NC1c1cc(C)c(=O)n(CCl)c1C. The predicted molar refractivity (Wildman–Crippen MR) is 125 cm³/mol. The van der Waals surface area contributed by atoms with Crippen molar-refractivity contribution < 1.29 is 35.9 Å². The Hall–Kier alpha value is -3.74. The van der Waals surface area contributed by atoms with Gasteiger partial charge in [-0.1, -0.05) is 0 Å². The summed E-state index contributed by atoms with van der Waals surface area (Å²) in [4.78, 5) is 30.9. The van der Waals surface area contributed by atoms with E-state index in [1.54, 1.807) is 6.92 Å². The number of alkyl halides is 7. The molecule has 1 amide bonds. The van der Waals surface area contributed by atoms with E-state index in [1.165, 1.54) is 35.4 Å². The van der Waals surface area contributed by atoms with Gasteiger partial charge in [0.25, 0.3) is 11.5 Å². The molecule has 0 fully saturated rings. The van der Waals surface area contributed by atoms with Crippen LogP contribution in [0.15, 0.2) is 41.3 Å². The highest BCUT2D eigenvalue weighted by Crippen LogP contribution is 2.43. The van der Waals surface area contributed by atoms with Crippen molar-refractivity contribution in [1.29, 1.82) is 0 Å². The second kappa shape index (κ2) is 9.53. The minimum absolute atomic E-state index is 0.167. The molecule has 0 saturated heterocycles. The minimum atomic E-state index is -4.94. The number of nitrogens with zero attached hydrogens (tertiary/aromatic N) is 3. The summed E-state index contributed by atoms with van der Waals surface area (Å²) in [5, 5.41) is 2.64. The van der Waals surface area contributed by atoms with Crippen molar-refractivity contribution in [2.24, 2.45) is 0 Å². The van der Waals surface area contributed by atoms with E-state index in [4.69, 9.17) is 11.6 Å². The van der Waals surface area contributed by atoms with Crippen LogP contribution in [0.25, 0.3) is 0 Å². The summed E-state index contributed by atoms with van der Waals surface area (Å²) < 4.78 is 83.6. The van der Waals surface area contributed by atoms with Crippen LogP contribution in [0.3, 0.4) is 0 Å². The number of benzene rings is 1. The molecule has 202 valence electrons. The zero-order chi connectivity index (χ0) is 28.2. The Kier molecular flexibility index (Phi) is 6.85. The first-order valence-corrected chi connectivity index (χ1v) is 11.5. The smallest absolute Gasteiger partial charge is 0.406 e. The van der Waals surface area contributed by atoms with Crippen molar-refractivity contribution in [2.75, 3.05) is 4.90 Å². The molecule has 1 aliphatic rings. The molecule has 1 aromatic carbocycles. The van der Waals surface area contributed by atoms with Gasteiger partial charge in [0, 0.05) is 28.7 Å². The molecule has 7 nitrogen and oxygen atoms in total. The first-order chi connectivity index (χ1) is 17.6. The molecular weight excluding hydrogens is 542 g/mol. The van der Waals surface area contributed by atoms with Gasteiger partial charge >= 0.3 is 12.5 Å². The van der Waals surface area contributed by atoms with E-state index in [1.807, 2.05) is 0 Å². The van der Waals surface area contributed by atoms with Crippen molar-refractivity contribution in [1.82, 2.24) is 14.9 Å². The zero-order valence-electron chi connectivity index (χ0n) is 20.0. The lowest BCUT2D eigenvalue weighted by molar-refractivity contribution is -0.274. The van der Waals surface area contributed by atoms with E-state index >= 15 is 0 Å². The fourth-order valence-electron chi connectivity index (χ4n) is 4.27. The maximum atomic E-state index is 13.4. The van der Waals surface area contributed by atoms with E-state index in [0.29, 0.717) is 23.5 Å². The third-order valence-electron chi connectivity index (χ3n) is 6.05. The molecule has 0 bridgehead atoms. The summed E-state index contributed by atoms with van der Waals surface area (Å²) in [6, 6.07) is 5.33. The Labute approximate surface area is 216 Å². The number of ether oxygens (including phenoxy) is 1. The Morgan fingerprint density at radius 3 is 2.29 bits per heavy atom. The fraction of sp³-hybridized carbons (Fsp3) is 0.292. The van der Waals surface area contributed by atoms with E-state index in [2.05, 4.69) is 15.0 Å². The molecule has 3 heterocycles. The van der Waals surface area contributed by atoms with Crippen LogP contribution in [0, 0.1) is 20.8 Å². The highest BCUT2D eigenvalue weighted by molar-refractivity contribution is 6.15. The largest absolute Gasteiger partial charge is 0.573 e. The van der Waals surface area contributed by atoms with Crippen LogP contribution in [0.2, 0.25) is 0 Å². The molecule has 0 aliphatic carbocycles. The molecule has 0 radical (unpaired) electrons. The number of aromatic nitrogens is 2. The van der Waals surface area contributed by atoms with Crippen LogP contribution in [-0.4, -0.2) is 21.8 Å². The van der Waals surface area contributed by atoms with Crippen LogP contribution in [-0.2, 0) is 12.2 Å². The van der Waals surface area contributed by atoms with Crippen LogP contribution < -0.4 is 20.5 Å². The lowest BCUT2D eigenvalue weighted by Gasteiger charge is -2.40. The number of amides is 1. The lowest BCUT2D eigenvalue weighted by atomic mass is 10.0. The van der Waals surface area contributed by atoms with Gasteiger partial charge in [0.05, 0.1) is 11.1 Å². The third-order valence-corrected chi connectivity index (χ3v) is 6.28. The second-order valence-corrected chi connectivity index (χ2v) is 8.79. The molecule has 3 aromatic rings. The summed E-state index contributed by atoms with van der Waals surface area (Å²) in [6.45, 7) is 4.57. The standard InChI is InChI=1S/C24H19ClF6N4O3/c1-11-6-15(38-24(29,30)31)4-5-18(11)35-19-17(8-14(9-32-19)23(26,27)28)21(36)33-20(35)16-7-12(2)22(37)34(10-25)13(16)3/h4-9,20H,10H2,1-3H3,(H,33,36). The van der Waals surface area contributed by atoms with Gasteiger partial charge in [0.2, 0.25) is 0 Å². The summed E-state index contributed by atoms with van der Waals surface area (Å²) in [6.07, 6.45) is -10.3. The zero-order valence-corrected chi connectivity index (χ0v) is 20.7. The molecule has 2 aromatic heterocycles. The third kappa shape index (κ3) is 5.02. The fourth-order valence-corrected chi connectivity index (χ4v) is 4.55. The maximum Gasteiger partial charge on any atom is 0.573 e. The number of fused-ring (bicyclic) bond motifs is 1. The number of aryl methyl sites for hydroxylation is 2. The Bertz CT molecular complexity index is 1490. The van der Waals surface area contributed by atoms with Gasteiger partial charge in [-0.05, 0) is 56.7 Å². The highest BCUT2D eigenvalue weighted by atomic mass is 35.5. The van der Waals surface area contributed by atoms with Crippen molar-refractivity contribution in [2.45, 2.75) is 45.5 Å². The average molecular weight is 561 g/mol. The number of anilines is 2. The first kappa shape index (κ1) is 27.3. The number of hydrogen-bond donors (Lipinski definition) is 1. The molecule has 38 heavy (non-hydrogen) atoms. The van der Waals surface area contributed by atoms with E-state index in [0.717, 1.165) is 12.1 Å². The molecule has 1 atom stereocenters. The number of rotatable bonds is 4. The number of hydrogen-bond acceptors (Lipinski definition) is 5. The lowest BCUT2D eigenvalue weighted by Crippen LogP contribution is -2.46. The summed E-state index contributed by atoms with van der Waals surface area (Å²) in [5.74, 6) is -1.55. The topological polar surface area (TPSA) is 76.5 Å². The molecule has 1 aliphatic heterocycles. The number of nitrogens with one attached hydrogen (secondary N) is 1. The van der Waals surface area contributed by atoms with Gasteiger partial charge in [-0.25, -0.2) is 4.98 Å². The number of pyridine rings is 2. The van der Waals surface area contributed by atoms with Gasteiger partial charge in [0.1, 0.15) is 23.7 Å². The monoisotopic (exact) mass is 560 g/mol. The summed E-state index contributed by atoms with van der Waals surface area (Å²) in [5.41, 5.74) is -0.469. The van der Waals surface area contributed by atoms with Gasteiger partial charge in [-0.15, -0.1) is 24.8 Å². The molecule has 1 N–H and O–H groups in total. The van der Waals surface area contributed by atoms with Crippen molar-refractivity contribution in [3.8, 4) is 5.75 Å². The molecule has 1 unspecified atom stereocenters. The van der Waals surface area contributed by atoms with Crippen LogP contribution in [0.1, 0.15) is 44.5 Å². The molecular formula is C24H19ClF6N4O3. The predicted octanol–water partition coefficient (Wildman–Crippen LogP) is 5.86. The highest BCUT2D eigenvalue weighted by Gasteiger charge is 2.40. The van der Waals surface area contributed by atoms with Gasteiger partial charge in [-0.3, -0.25) is 14.2 Å². The molecule has 0 saturated carbocycles. The Morgan fingerprint density at radius 2 is 1.71 bits per heavy atom. The number of halogens is 7. The summed E-state index contributed by atoms with van der Waals surface area (Å²) in [7, 11) is 0.